The average Bonchev–Trinajstić information content (AvgIpc) is 3.18. The first-order valence-corrected chi connectivity index (χ1v) is 11.6. The Morgan fingerprint density at radius 2 is 1.70 bits per heavy atom. The highest BCUT2D eigenvalue weighted by atomic mass is 32.2. The van der Waals surface area contributed by atoms with Crippen LogP contribution in [-0.2, 0) is 10.0 Å². The lowest BCUT2D eigenvalue weighted by Gasteiger charge is -2.11. The lowest BCUT2D eigenvalue weighted by Crippen LogP contribution is -2.18. The van der Waals surface area contributed by atoms with Crippen LogP contribution in [0.1, 0.15) is 24.3 Å². The predicted molar refractivity (Wildman–Crippen MR) is 125 cm³/mol. The van der Waals surface area contributed by atoms with Gasteiger partial charge in [0.15, 0.2) is 0 Å². The number of nitrogens with zero attached hydrogens (tertiary/aromatic N) is 1. The number of hydrogen-bond acceptors (Lipinski definition) is 5. The van der Waals surface area contributed by atoms with Crippen LogP contribution in [0.4, 0.5) is 5.69 Å². The van der Waals surface area contributed by atoms with Crippen molar-refractivity contribution in [2.75, 3.05) is 5.32 Å². The minimum Gasteiger partial charge on any atom is -0.491 e. The van der Waals surface area contributed by atoms with Crippen molar-refractivity contribution in [2.24, 2.45) is 5.14 Å². The van der Waals surface area contributed by atoms with Gasteiger partial charge in [-0.3, -0.25) is 14.2 Å². The van der Waals surface area contributed by atoms with Crippen molar-refractivity contribution in [3.05, 3.63) is 82.8 Å². The fraction of sp³-hybridized carbons (Fsp3) is 0.130. The summed E-state index contributed by atoms with van der Waals surface area (Å²) in [5.74, 6) is 0.239. The molecule has 4 aromatic rings. The van der Waals surface area contributed by atoms with E-state index in [0.29, 0.717) is 28.2 Å². The molecule has 170 valence electrons. The number of nitrogens with one attached hydrogen (secondary N) is 2. The maximum atomic E-state index is 12.8. The summed E-state index contributed by atoms with van der Waals surface area (Å²) in [5.41, 5.74) is 1.46. The molecule has 1 amide bonds. The van der Waals surface area contributed by atoms with Gasteiger partial charge in [0.25, 0.3) is 11.5 Å². The molecule has 33 heavy (non-hydrogen) atoms. The summed E-state index contributed by atoms with van der Waals surface area (Å²) in [6.45, 7) is 3.86. The van der Waals surface area contributed by atoms with Crippen molar-refractivity contribution < 1.29 is 17.9 Å². The number of pyridine rings is 1. The van der Waals surface area contributed by atoms with E-state index in [-0.39, 0.29) is 22.3 Å². The quantitative estimate of drug-likeness (QED) is 0.401. The van der Waals surface area contributed by atoms with Crippen molar-refractivity contribution >= 4 is 32.7 Å². The minimum absolute atomic E-state index is 0.0300. The first kappa shape index (κ1) is 22.3. The SMILES string of the molecule is CC(C)Oc1ccc(-n2c(=O)ccc3cc(C(=O)Nc4ccc(S(N)(=O)=O)cc4)[nH]c32)cc1. The van der Waals surface area contributed by atoms with Crippen molar-refractivity contribution in [3.8, 4) is 11.4 Å². The molecule has 4 N–H and O–H groups in total. The minimum atomic E-state index is -3.82. The van der Waals surface area contributed by atoms with Crippen LogP contribution in [-0.4, -0.2) is 30.0 Å². The third-order valence-corrected chi connectivity index (χ3v) is 5.76. The number of sulfonamides is 1. The summed E-state index contributed by atoms with van der Waals surface area (Å²) >= 11 is 0. The topological polar surface area (TPSA) is 136 Å². The highest BCUT2D eigenvalue weighted by Crippen LogP contribution is 2.21. The van der Waals surface area contributed by atoms with Crippen molar-refractivity contribution in [3.63, 3.8) is 0 Å². The largest absolute Gasteiger partial charge is 0.491 e. The summed E-state index contributed by atoms with van der Waals surface area (Å²) in [4.78, 5) is 28.3. The summed E-state index contributed by atoms with van der Waals surface area (Å²) in [6.07, 6.45) is 0.0300. The van der Waals surface area contributed by atoms with Crippen molar-refractivity contribution in [2.45, 2.75) is 24.8 Å². The molecule has 2 aromatic heterocycles. The Balaban J connectivity index is 1.64. The summed E-state index contributed by atoms with van der Waals surface area (Å²) in [7, 11) is -3.82. The van der Waals surface area contributed by atoms with Crippen molar-refractivity contribution in [1.82, 2.24) is 9.55 Å². The number of hydrogen-bond donors (Lipinski definition) is 3. The molecule has 0 atom stereocenters. The number of fused-ring (bicyclic) bond motifs is 1. The number of H-pyrrole nitrogens is 1. The van der Waals surface area contributed by atoms with Gasteiger partial charge >= 0.3 is 0 Å². The van der Waals surface area contributed by atoms with E-state index < -0.39 is 15.9 Å². The van der Waals surface area contributed by atoms with Gasteiger partial charge < -0.3 is 15.0 Å². The molecular formula is C23H22N4O5S. The lowest BCUT2D eigenvalue weighted by molar-refractivity contribution is 0.102. The van der Waals surface area contributed by atoms with E-state index in [1.54, 1.807) is 36.4 Å². The van der Waals surface area contributed by atoms with E-state index in [1.165, 1.54) is 34.9 Å². The molecule has 0 aliphatic rings. The molecule has 0 saturated heterocycles. The zero-order valence-corrected chi connectivity index (χ0v) is 18.7. The highest BCUT2D eigenvalue weighted by molar-refractivity contribution is 7.89. The summed E-state index contributed by atoms with van der Waals surface area (Å²) in [5, 5.41) is 8.45. The Hall–Kier alpha value is -3.89. The zero-order chi connectivity index (χ0) is 23.8. The number of ether oxygens (including phenoxy) is 1. The highest BCUT2D eigenvalue weighted by Gasteiger charge is 2.15. The van der Waals surface area contributed by atoms with Crippen LogP contribution in [0.15, 0.2) is 76.4 Å². The van der Waals surface area contributed by atoms with E-state index >= 15 is 0 Å². The van der Waals surface area contributed by atoms with Gasteiger partial charge in [-0.2, -0.15) is 0 Å². The second kappa shape index (κ2) is 8.57. The monoisotopic (exact) mass is 466 g/mol. The number of benzene rings is 2. The molecule has 0 bridgehead atoms. The molecule has 2 aromatic carbocycles. The lowest BCUT2D eigenvalue weighted by atomic mass is 10.2. The summed E-state index contributed by atoms with van der Waals surface area (Å²) in [6, 6.07) is 17.3. The number of rotatable bonds is 6. The fourth-order valence-electron chi connectivity index (χ4n) is 3.37. The molecule has 4 rings (SSSR count). The van der Waals surface area contributed by atoms with E-state index in [2.05, 4.69) is 10.3 Å². The van der Waals surface area contributed by atoms with Crippen LogP contribution in [0.3, 0.4) is 0 Å². The second-order valence-electron chi connectivity index (χ2n) is 7.68. The van der Waals surface area contributed by atoms with Gasteiger partial charge in [-0.25, -0.2) is 13.6 Å². The maximum Gasteiger partial charge on any atom is 0.272 e. The van der Waals surface area contributed by atoms with Gasteiger partial charge in [0.05, 0.1) is 16.7 Å². The molecule has 0 radical (unpaired) electrons. The molecule has 9 nitrogen and oxygen atoms in total. The Bertz CT molecular complexity index is 1480. The van der Waals surface area contributed by atoms with E-state index in [0.717, 1.165) is 0 Å². The van der Waals surface area contributed by atoms with E-state index in [4.69, 9.17) is 9.88 Å². The smallest absolute Gasteiger partial charge is 0.272 e. The Labute approximate surface area is 189 Å². The molecule has 2 heterocycles. The molecular weight excluding hydrogens is 444 g/mol. The molecule has 0 saturated carbocycles. The van der Waals surface area contributed by atoms with E-state index in [9.17, 15) is 18.0 Å². The fourth-order valence-corrected chi connectivity index (χ4v) is 3.88. The van der Waals surface area contributed by atoms with Gasteiger partial charge in [-0.15, -0.1) is 0 Å². The molecule has 0 spiro atoms. The number of carbonyl (C=O) groups is 1. The third kappa shape index (κ3) is 4.81. The molecule has 10 heteroatoms. The standard InChI is InChI=1S/C23H22N4O5S/c1-14(2)32-18-8-6-17(7-9-18)27-21(28)12-3-15-13-20(26-22(15)27)23(29)25-16-4-10-19(11-5-16)33(24,30)31/h3-14,26H,1-2H3,(H,25,29)(H2,24,30,31). The number of nitrogens with two attached hydrogens (primary N) is 1. The number of primary sulfonamides is 1. The van der Waals surface area contributed by atoms with Crippen LogP contribution in [0.25, 0.3) is 16.7 Å². The van der Waals surface area contributed by atoms with E-state index in [1.807, 2.05) is 13.8 Å². The van der Waals surface area contributed by atoms with Gasteiger partial charge in [0, 0.05) is 17.1 Å². The molecule has 0 unspecified atom stereocenters. The normalized spacial score (nSPS) is 11.6. The number of aromatic nitrogens is 2. The van der Waals surface area contributed by atoms with Gasteiger partial charge in [-0.05, 0) is 74.5 Å². The number of anilines is 1. The Morgan fingerprint density at radius 3 is 2.30 bits per heavy atom. The second-order valence-corrected chi connectivity index (χ2v) is 9.24. The van der Waals surface area contributed by atoms with Crippen LogP contribution >= 0.6 is 0 Å². The third-order valence-electron chi connectivity index (χ3n) is 4.83. The number of carbonyl (C=O) groups excluding carboxylic acids is 1. The Kier molecular flexibility index (Phi) is 5.79. The van der Waals surface area contributed by atoms with Gasteiger partial charge in [-0.1, -0.05) is 0 Å². The predicted octanol–water partition coefficient (Wildman–Crippen LogP) is 3.01. The number of amides is 1. The number of aromatic amines is 1. The van der Waals surface area contributed by atoms with Crippen LogP contribution in [0, 0.1) is 0 Å². The van der Waals surface area contributed by atoms with Crippen LogP contribution in [0.2, 0.25) is 0 Å². The maximum absolute atomic E-state index is 12.8. The average molecular weight is 467 g/mol. The first-order valence-electron chi connectivity index (χ1n) is 10.1. The first-order chi connectivity index (χ1) is 15.6. The molecule has 0 aliphatic heterocycles. The van der Waals surface area contributed by atoms with Crippen LogP contribution < -0.4 is 20.8 Å². The molecule has 0 fully saturated rings. The van der Waals surface area contributed by atoms with Gasteiger partial charge in [0.1, 0.15) is 17.1 Å². The Morgan fingerprint density at radius 1 is 1.03 bits per heavy atom. The summed E-state index contributed by atoms with van der Waals surface area (Å²) < 4.78 is 29.9. The van der Waals surface area contributed by atoms with Gasteiger partial charge in [0.2, 0.25) is 10.0 Å². The molecule has 0 aliphatic carbocycles. The van der Waals surface area contributed by atoms with Crippen LogP contribution in [0.5, 0.6) is 5.75 Å². The van der Waals surface area contributed by atoms with Crippen molar-refractivity contribution in [1.29, 1.82) is 0 Å². The zero-order valence-electron chi connectivity index (χ0n) is 17.9.